The maximum atomic E-state index is 11.4. The molecular formula is C11H13ClO5. The number of aliphatic hydroxyl groups is 1. The molecule has 0 saturated carbocycles. The number of aliphatic hydroxyl groups excluding tert-OH is 1. The third-order valence-corrected chi connectivity index (χ3v) is 2.70. The van der Waals surface area contributed by atoms with Crippen LogP contribution < -0.4 is 0 Å². The molecule has 0 aliphatic rings. The molecule has 1 aromatic rings. The molecule has 17 heavy (non-hydrogen) atoms. The van der Waals surface area contributed by atoms with Crippen LogP contribution in [-0.2, 0) is 9.53 Å². The van der Waals surface area contributed by atoms with E-state index in [0.717, 1.165) is 6.07 Å². The molecule has 0 amide bonds. The highest BCUT2D eigenvalue weighted by atomic mass is 35.5. The molecule has 0 fully saturated rings. The van der Waals surface area contributed by atoms with E-state index in [1.165, 1.54) is 6.92 Å². The van der Waals surface area contributed by atoms with Gasteiger partial charge in [0.25, 0.3) is 0 Å². The minimum atomic E-state index is -1.68. The topological polar surface area (TPSA) is 87.0 Å². The van der Waals surface area contributed by atoms with E-state index in [4.69, 9.17) is 11.6 Å². The molecule has 0 spiro atoms. The predicted octanol–water partition coefficient (Wildman–Crippen LogP) is 1.66. The number of ether oxygens (including phenoxy) is 1. The second kappa shape index (κ2) is 5.25. The smallest absolute Gasteiger partial charge is 0.339 e. The molecule has 0 saturated heterocycles. The van der Waals surface area contributed by atoms with Gasteiger partial charge < -0.3 is 20.1 Å². The van der Waals surface area contributed by atoms with E-state index >= 15 is 0 Å². The zero-order valence-electron chi connectivity index (χ0n) is 9.40. The fraction of sp³-hybridized carbons (Fsp3) is 0.364. The Labute approximate surface area is 103 Å². The molecule has 0 aliphatic heterocycles. The van der Waals surface area contributed by atoms with Gasteiger partial charge in [0.15, 0.2) is 17.6 Å². The Kier molecular flexibility index (Phi) is 4.20. The first-order chi connectivity index (χ1) is 7.90. The Balaban J connectivity index is 3.25. The largest absolute Gasteiger partial charge is 0.504 e. The van der Waals surface area contributed by atoms with Gasteiger partial charge in [-0.1, -0.05) is 11.6 Å². The normalized spacial score (nSPS) is 12.2. The number of phenolic OH excluding ortho intramolecular Hbond substituents is 2. The molecule has 0 aromatic heterocycles. The van der Waals surface area contributed by atoms with Crippen LogP contribution in [0, 0.1) is 6.92 Å². The van der Waals surface area contributed by atoms with E-state index in [0.29, 0.717) is 5.56 Å². The fourth-order valence-electron chi connectivity index (χ4n) is 1.41. The lowest BCUT2D eigenvalue weighted by Gasteiger charge is -2.16. The molecule has 5 nitrogen and oxygen atoms in total. The minimum absolute atomic E-state index is 0.0995. The Morgan fingerprint density at radius 3 is 2.65 bits per heavy atom. The maximum Gasteiger partial charge on any atom is 0.339 e. The van der Waals surface area contributed by atoms with Crippen molar-refractivity contribution in [1.82, 2.24) is 0 Å². The van der Waals surface area contributed by atoms with Crippen LogP contribution in [0.2, 0.25) is 5.02 Å². The average Bonchev–Trinajstić information content (AvgIpc) is 2.27. The number of carbonyl (C=O) groups excluding carboxylic acids is 1. The van der Waals surface area contributed by atoms with Gasteiger partial charge in [-0.25, -0.2) is 4.79 Å². The first-order valence-electron chi connectivity index (χ1n) is 4.95. The van der Waals surface area contributed by atoms with Gasteiger partial charge in [0.1, 0.15) is 0 Å². The number of hydrogen-bond donors (Lipinski definition) is 3. The Bertz CT molecular complexity index is 418. The summed E-state index contributed by atoms with van der Waals surface area (Å²) in [6.45, 7) is 3.20. The monoisotopic (exact) mass is 260 g/mol. The highest BCUT2D eigenvalue weighted by molar-refractivity contribution is 6.31. The fourth-order valence-corrected chi connectivity index (χ4v) is 1.62. The summed E-state index contributed by atoms with van der Waals surface area (Å²) < 4.78 is 4.62. The summed E-state index contributed by atoms with van der Waals surface area (Å²) in [7, 11) is 0. The Hall–Kier alpha value is -1.46. The van der Waals surface area contributed by atoms with Gasteiger partial charge in [0, 0.05) is 16.7 Å². The van der Waals surface area contributed by atoms with Crippen molar-refractivity contribution in [3.63, 3.8) is 0 Å². The molecule has 0 heterocycles. The number of carbonyl (C=O) groups is 1. The third kappa shape index (κ3) is 2.62. The lowest BCUT2D eigenvalue weighted by Crippen LogP contribution is -2.16. The molecule has 6 heteroatoms. The average molecular weight is 261 g/mol. The van der Waals surface area contributed by atoms with Gasteiger partial charge in [0.2, 0.25) is 0 Å². The van der Waals surface area contributed by atoms with Crippen LogP contribution in [0.4, 0.5) is 0 Å². The summed E-state index contributed by atoms with van der Waals surface area (Å²) >= 11 is 5.78. The third-order valence-electron chi connectivity index (χ3n) is 2.31. The van der Waals surface area contributed by atoms with E-state index in [1.807, 2.05) is 0 Å². The molecule has 0 aliphatic carbocycles. The van der Waals surface area contributed by atoms with Crippen LogP contribution >= 0.6 is 11.6 Å². The zero-order valence-corrected chi connectivity index (χ0v) is 10.2. The van der Waals surface area contributed by atoms with E-state index in [1.54, 1.807) is 6.92 Å². The van der Waals surface area contributed by atoms with E-state index < -0.39 is 23.6 Å². The zero-order chi connectivity index (χ0) is 13.2. The standard InChI is InChI=1S/C11H13ClO5/c1-3-17-11(16)10(15)8-5(2)6(12)4-7(13)9(8)14/h4,10,13-15H,3H2,1-2H3. The molecule has 3 N–H and O–H groups in total. The van der Waals surface area contributed by atoms with Gasteiger partial charge >= 0.3 is 5.97 Å². The number of aromatic hydroxyl groups is 2. The van der Waals surface area contributed by atoms with Gasteiger partial charge in [-0.3, -0.25) is 0 Å². The van der Waals surface area contributed by atoms with Crippen molar-refractivity contribution in [3.05, 3.63) is 22.2 Å². The lowest BCUT2D eigenvalue weighted by molar-refractivity contribution is -0.153. The second-order valence-electron chi connectivity index (χ2n) is 3.42. The summed E-state index contributed by atoms with van der Waals surface area (Å²) in [5.41, 5.74) is 0.163. The van der Waals surface area contributed by atoms with Crippen LogP contribution in [0.3, 0.4) is 0 Å². The number of rotatable bonds is 3. The van der Waals surface area contributed by atoms with Crippen molar-refractivity contribution in [2.45, 2.75) is 20.0 Å². The summed E-state index contributed by atoms with van der Waals surface area (Å²) in [6.07, 6.45) is -1.68. The van der Waals surface area contributed by atoms with Crippen molar-refractivity contribution in [2.75, 3.05) is 6.61 Å². The van der Waals surface area contributed by atoms with Crippen LogP contribution in [0.25, 0.3) is 0 Å². The summed E-state index contributed by atoms with van der Waals surface area (Å²) in [6, 6.07) is 1.13. The predicted molar refractivity (Wildman–Crippen MR) is 61.1 cm³/mol. The van der Waals surface area contributed by atoms with Gasteiger partial charge in [0.05, 0.1) is 6.61 Å². The van der Waals surface area contributed by atoms with Crippen molar-refractivity contribution in [2.24, 2.45) is 0 Å². The van der Waals surface area contributed by atoms with Crippen molar-refractivity contribution < 1.29 is 24.9 Å². The van der Waals surface area contributed by atoms with Crippen LogP contribution in [0.15, 0.2) is 6.07 Å². The van der Waals surface area contributed by atoms with E-state index in [9.17, 15) is 20.1 Å². The lowest BCUT2D eigenvalue weighted by atomic mass is 10.0. The summed E-state index contributed by atoms with van der Waals surface area (Å²) in [5, 5.41) is 28.8. The van der Waals surface area contributed by atoms with Gasteiger partial charge in [-0.05, 0) is 19.4 Å². The first-order valence-corrected chi connectivity index (χ1v) is 5.33. The SMILES string of the molecule is CCOC(=O)C(O)c1c(C)c(Cl)cc(O)c1O. The number of hydrogen-bond acceptors (Lipinski definition) is 5. The van der Waals surface area contributed by atoms with Crippen LogP contribution in [0.5, 0.6) is 11.5 Å². The molecule has 0 radical (unpaired) electrons. The maximum absolute atomic E-state index is 11.4. The molecular weight excluding hydrogens is 248 g/mol. The highest BCUT2D eigenvalue weighted by Crippen LogP contribution is 2.39. The van der Waals surface area contributed by atoms with Crippen molar-refractivity contribution >= 4 is 17.6 Å². The number of benzene rings is 1. The number of esters is 1. The van der Waals surface area contributed by atoms with E-state index in [-0.39, 0.29) is 17.2 Å². The van der Waals surface area contributed by atoms with Crippen LogP contribution in [0.1, 0.15) is 24.2 Å². The van der Waals surface area contributed by atoms with Crippen LogP contribution in [-0.4, -0.2) is 27.9 Å². The van der Waals surface area contributed by atoms with Crippen molar-refractivity contribution in [3.8, 4) is 11.5 Å². The van der Waals surface area contributed by atoms with Crippen molar-refractivity contribution in [1.29, 1.82) is 0 Å². The molecule has 1 atom stereocenters. The molecule has 94 valence electrons. The number of halogens is 1. The minimum Gasteiger partial charge on any atom is -0.504 e. The highest BCUT2D eigenvalue weighted by Gasteiger charge is 2.27. The van der Waals surface area contributed by atoms with Gasteiger partial charge in [-0.2, -0.15) is 0 Å². The quantitative estimate of drug-likeness (QED) is 0.568. The van der Waals surface area contributed by atoms with E-state index in [2.05, 4.69) is 4.74 Å². The second-order valence-corrected chi connectivity index (χ2v) is 3.83. The Morgan fingerprint density at radius 1 is 1.53 bits per heavy atom. The Morgan fingerprint density at radius 2 is 2.12 bits per heavy atom. The number of phenols is 2. The summed E-state index contributed by atoms with van der Waals surface area (Å²) in [5.74, 6) is -1.99. The molecule has 0 bridgehead atoms. The molecule has 1 aromatic carbocycles. The molecule has 1 unspecified atom stereocenters. The summed E-state index contributed by atoms with van der Waals surface area (Å²) in [4.78, 5) is 11.4. The first kappa shape index (κ1) is 13.6. The van der Waals surface area contributed by atoms with Gasteiger partial charge in [-0.15, -0.1) is 0 Å². The molecule has 1 rings (SSSR count).